The molecule has 1 unspecified atom stereocenters. The fourth-order valence-electron chi connectivity index (χ4n) is 6.52. The van der Waals surface area contributed by atoms with Crippen LogP contribution in [0.25, 0.3) is 33.6 Å². The maximum atomic E-state index is 13.8. The molecular weight excluding hydrogens is 492 g/mol. The van der Waals surface area contributed by atoms with E-state index in [4.69, 9.17) is 20.2 Å². The lowest BCUT2D eigenvalue weighted by molar-refractivity contribution is 0.00771. The third-order valence-corrected chi connectivity index (χ3v) is 9.00. The molecule has 2 fully saturated rings. The molecule has 0 spiro atoms. The lowest BCUT2D eigenvalue weighted by Gasteiger charge is -2.36. The van der Waals surface area contributed by atoms with Gasteiger partial charge in [-0.25, -0.2) is 9.97 Å². The quantitative estimate of drug-likeness (QED) is 0.374. The third-order valence-electron chi connectivity index (χ3n) is 9.00. The number of hydrogen-bond acceptors (Lipinski definition) is 6. The second-order valence-electron chi connectivity index (χ2n) is 11.0. The lowest BCUT2D eigenvalue weighted by atomic mass is 9.88. The van der Waals surface area contributed by atoms with Crippen molar-refractivity contribution in [2.75, 3.05) is 20.8 Å². The number of imidazole rings is 1. The van der Waals surface area contributed by atoms with Crippen LogP contribution < -0.4 is 10.5 Å². The van der Waals surface area contributed by atoms with Crippen LogP contribution in [0, 0.1) is 5.92 Å². The summed E-state index contributed by atoms with van der Waals surface area (Å²) in [7, 11) is 3.43. The summed E-state index contributed by atoms with van der Waals surface area (Å²) in [5.41, 5.74) is 10.6. The van der Waals surface area contributed by atoms with Crippen LogP contribution in [-0.2, 0) is 11.3 Å². The van der Waals surface area contributed by atoms with E-state index in [1.807, 2.05) is 36.2 Å². The molecule has 1 aliphatic carbocycles. The summed E-state index contributed by atoms with van der Waals surface area (Å²) in [6.45, 7) is 7.73. The molecule has 1 saturated carbocycles. The Morgan fingerprint density at radius 3 is 2.64 bits per heavy atom. The van der Waals surface area contributed by atoms with Crippen molar-refractivity contribution >= 4 is 28.0 Å². The minimum Gasteiger partial charge on any atom is -0.494 e. The molecule has 3 atom stereocenters. The Bertz CT molecular complexity index is 1530. The third kappa shape index (κ3) is 4.02. The Labute approximate surface area is 228 Å². The van der Waals surface area contributed by atoms with Gasteiger partial charge < -0.3 is 29.2 Å². The maximum Gasteiger partial charge on any atom is 0.254 e. The predicted molar refractivity (Wildman–Crippen MR) is 152 cm³/mol. The Morgan fingerprint density at radius 2 is 1.97 bits per heavy atom. The standard InChI is InChI=1S/C30H38N6O3/c1-6-18-16-35(17(3)26(18)31)30(37)20-11-23-27(25(13-20)39-5)36(21-14-22(15-21)38-4)29(33-23)24-12-19-9-8-10-32-28(19)34(24)7-2/h8-13,17-18,21-22,26H,6-7,14-16,31H2,1-5H3/t17-,18-,21?,22?,26?/m1/s1. The molecule has 39 heavy (non-hydrogen) atoms. The number of ether oxygens (including phenoxy) is 2. The summed E-state index contributed by atoms with van der Waals surface area (Å²) in [4.78, 5) is 25.5. The summed E-state index contributed by atoms with van der Waals surface area (Å²) in [6, 6.07) is 10.2. The fraction of sp³-hybridized carbons (Fsp3) is 0.500. The van der Waals surface area contributed by atoms with Crippen molar-refractivity contribution in [2.45, 2.75) is 70.8 Å². The SMILES string of the molecule is CC[C@@H]1CN(C(=O)c2cc(OC)c3c(c2)nc(-c2cc4cccnc4n2CC)n3C2CC(OC)C2)[C@H](C)C1N. The van der Waals surface area contributed by atoms with Gasteiger partial charge in [-0.3, -0.25) is 4.79 Å². The molecule has 1 saturated heterocycles. The van der Waals surface area contributed by atoms with Gasteiger partial charge in [0.15, 0.2) is 5.82 Å². The van der Waals surface area contributed by atoms with Crippen LogP contribution in [0.15, 0.2) is 36.5 Å². The van der Waals surface area contributed by atoms with E-state index in [1.165, 1.54) is 0 Å². The average Bonchev–Trinajstić information content (AvgIpc) is 3.58. The number of fused-ring (bicyclic) bond motifs is 2. The first kappa shape index (κ1) is 25.8. The lowest BCUT2D eigenvalue weighted by Crippen LogP contribution is -2.41. The maximum absolute atomic E-state index is 13.8. The van der Waals surface area contributed by atoms with Crippen molar-refractivity contribution in [1.82, 2.24) is 24.0 Å². The number of methoxy groups -OCH3 is 2. The van der Waals surface area contributed by atoms with Gasteiger partial charge in [0.2, 0.25) is 0 Å². The fourth-order valence-corrected chi connectivity index (χ4v) is 6.52. The number of likely N-dealkylation sites (tertiary alicyclic amines) is 1. The molecule has 0 radical (unpaired) electrons. The highest BCUT2D eigenvalue weighted by molar-refractivity contribution is 6.00. The van der Waals surface area contributed by atoms with Gasteiger partial charge in [0.05, 0.1) is 24.4 Å². The molecule has 1 amide bonds. The number of nitrogens with zero attached hydrogens (tertiary/aromatic N) is 5. The monoisotopic (exact) mass is 530 g/mol. The summed E-state index contributed by atoms with van der Waals surface area (Å²) < 4.78 is 16.1. The number of rotatable bonds is 7. The zero-order valence-electron chi connectivity index (χ0n) is 23.4. The number of carbonyl (C=O) groups excluding carboxylic acids is 1. The van der Waals surface area contributed by atoms with Gasteiger partial charge in [-0.15, -0.1) is 0 Å². The van der Waals surface area contributed by atoms with Gasteiger partial charge in [0.1, 0.15) is 16.9 Å². The van der Waals surface area contributed by atoms with Crippen molar-refractivity contribution in [3.8, 4) is 17.3 Å². The van der Waals surface area contributed by atoms with Crippen LogP contribution >= 0.6 is 0 Å². The first-order valence-corrected chi connectivity index (χ1v) is 14.0. The molecule has 9 nitrogen and oxygen atoms in total. The van der Waals surface area contributed by atoms with Crippen LogP contribution in [0.5, 0.6) is 5.75 Å². The molecule has 4 heterocycles. The van der Waals surface area contributed by atoms with Crippen molar-refractivity contribution in [2.24, 2.45) is 11.7 Å². The number of pyridine rings is 1. The van der Waals surface area contributed by atoms with Crippen LogP contribution in [-0.4, -0.2) is 68.9 Å². The smallest absolute Gasteiger partial charge is 0.254 e. The summed E-state index contributed by atoms with van der Waals surface area (Å²) >= 11 is 0. The van der Waals surface area contributed by atoms with Crippen LogP contribution in [0.4, 0.5) is 0 Å². The average molecular weight is 531 g/mol. The Hall–Kier alpha value is -3.43. The Morgan fingerprint density at radius 1 is 1.18 bits per heavy atom. The molecule has 2 aliphatic rings. The number of carbonyl (C=O) groups is 1. The van der Waals surface area contributed by atoms with Crippen LogP contribution in [0.3, 0.4) is 0 Å². The van der Waals surface area contributed by atoms with Gasteiger partial charge in [0.25, 0.3) is 5.91 Å². The van der Waals surface area contributed by atoms with E-state index in [0.29, 0.717) is 23.8 Å². The Balaban J connectivity index is 1.52. The largest absolute Gasteiger partial charge is 0.494 e. The summed E-state index contributed by atoms with van der Waals surface area (Å²) in [5.74, 6) is 1.78. The Kier molecular flexibility index (Phi) is 6.59. The van der Waals surface area contributed by atoms with E-state index in [1.54, 1.807) is 14.2 Å². The summed E-state index contributed by atoms with van der Waals surface area (Å²) in [6.07, 6.45) is 4.79. The zero-order valence-corrected chi connectivity index (χ0v) is 23.4. The molecule has 1 aromatic carbocycles. The molecule has 206 valence electrons. The topological polar surface area (TPSA) is 100 Å². The second-order valence-corrected chi connectivity index (χ2v) is 11.0. The van der Waals surface area contributed by atoms with Crippen LogP contribution in [0.2, 0.25) is 0 Å². The van der Waals surface area contributed by atoms with Crippen molar-refractivity contribution in [3.05, 3.63) is 42.1 Å². The first-order valence-electron chi connectivity index (χ1n) is 14.0. The number of hydrogen-bond donors (Lipinski definition) is 1. The number of nitrogens with two attached hydrogens (primary N) is 1. The van der Waals surface area contributed by atoms with E-state index in [2.05, 4.69) is 40.1 Å². The number of aromatic nitrogens is 4. The summed E-state index contributed by atoms with van der Waals surface area (Å²) in [5, 5.41) is 1.07. The molecular formula is C30H38N6O3. The van der Waals surface area contributed by atoms with Crippen molar-refractivity contribution < 1.29 is 14.3 Å². The minimum absolute atomic E-state index is 0.0210. The number of aryl methyl sites for hydroxylation is 1. The van der Waals surface area contributed by atoms with E-state index in [9.17, 15) is 4.79 Å². The highest BCUT2D eigenvalue weighted by atomic mass is 16.5. The normalized spacial score (nSPS) is 25.0. The van der Waals surface area contributed by atoms with Gasteiger partial charge in [-0.05, 0) is 62.9 Å². The molecule has 6 rings (SSSR count). The molecule has 4 aromatic rings. The van der Waals surface area contributed by atoms with Gasteiger partial charge >= 0.3 is 0 Å². The molecule has 9 heteroatoms. The van der Waals surface area contributed by atoms with Crippen LogP contribution in [0.1, 0.15) is 56.4 Å². The minimum atomic E-state index is -0.0276. The molecule has 1 aliphatic heterocycles. The van der Waals surface area contributed by atoms with E-state index < -0.39 is 0 Å². The highest BCUT2D eigenvalue weighted by Crippen LogP contribution is 2.43. The first-order chi connectivity index (χ1) is 18.9. The predicted octanol–water partition coefficient (Wildman–Crippen LogP) is 4.63. The van der Waals surface area contributed by atoms with Gasteiger partial charge in [-0.2, -0.15) is 0 Å². The van der Waals surface area contributed by atoms with E-state index >= 15 is 0 Å². The molecule has 3 aromatic heterocycles. The number of benzene rings is 1. The van der Waals surface area contributed by atoms with E-state index in [-0.39, 0.29) is 30.1 Å². The van der Waals surface area contributed by atoms with Gasteiger partial charge in [0, 0.05) is 55.5 Å². The zero-order chi connectivity index (χ0) is 27.4. The van der Waals surface area contributed by atoms with Crippen molar-refractivity contribution in [3.63, 3.8) is 0 Å². The number of amides is 1. The van der Waals surface area contributed by atoms with Gasteiger partial charge in [-0.1, -0.05) is 13.3 Å². The second kappa shape index (κ2) is 9.95. The molecule has 2 N–H and O–H groups in total. The highest BCUT2D eigenvalue weighted by Gasteiger charge is 2.39. The van der Waals surface area contributed by atoms with Crippen molar-refractivity contribution in [1.29, 1.82) is 0 Å². The molecule has 0 bridgehead atoms. The van der Waals surface area contributed by atoms with E-state index in [0.717, 1.165) is 59.4 Å².